The predicted molar refractivity (Wildman–Crippen MR) is 39.3 cm³/mol. The maximum Gasteiger partial charge on any atom is 0.0866 e. The fourth-order valence-corrected chi connectivity index (χ4v) is 0.901. The highest BCUT2D eigenvalue weighted by Crippen LogP contribution is 2.28. The Balaban J connectivity index is 0.000000187. The number of hydrogen-bond acceptors (Lipinski definition) is 0. The van der Waals surface area contributed by atoms with E-state index in [4.69, 9.17) is 0 Å². The van der Waals surface area contributed by atoms with Gasteiger partial charge < -0.3 is 0 Å². The average Bonchev–Trinajstić information content (AvgIpc) is 1.64. The van der Waals surface area contributed by atoms with Crippen LogP contribution in [0.25, 0.3) is 0 Å². The topological polar surface area (TPSA) is 0 Å². The van der Waals surface area contributed by atoms with Crippen molar-refractivity contribution in [3.05, 3.63) is 0 Å². The standard InChI is InChI=1S/C6H12.C2H5F/c1-2-6-4-3-5-6;1-2-3/h6H,2-5H2,1H3;2H2,1H3. The van der Waals surface area contributed by atoms with Crippen LogP contribution in [0.4, 0.5) is 4.39 Å². The summed E-state index contributed by atoms with van der Waals surface area (Å²) in [4.78, 5) is 0. The average molecular weight is 132 g/mol. The minimum Gasteiger partial charge on any atom is -0.251 e. The molecule has 0 unspecified atom stereocenters. The molecule has 0 aromatic rings. The normalized spacial score (nSPS) is 17.7. The zero-order valence-corrected chi connectivity index (χ0v) is 6.49. The van der Waals surface area contributed by atoms with Crippen molar-refractivity contribution >= 4 is 0 Å². The molecule has 0 heterocycles. The van der Waals surface area contributed by atoms with E-state index in [2.05, 4.69) is 6.92 Å². The molecular weight excluding hydrogens is 115 g/mol. The zero-order valence-electron chi connectivity index (χ0n) is 6.49. The van der Waals surface area contributed by atoms with Crippen LogP contribution >= 0.6 is 0 Å². The van der Waals surface area contributed by atoms with Crippen LogP contribution in [0.15, 0.2) is 0 Å². The van der Waals surface area contributed by atoms with Gasteiger partial charge in [-0.15, -0.1) is 0 Å². The highest BCUT2D eigenvalue weighted by molar-refractivity contribution is 4.66. The Morgan fingerprint density at radius 2 is 1.78 bits per heavy atom. The van der Waals surface area contributed by atoms with Gasteiger partial charge >= 0.3 is 0 Å². The molecule has 0 saturated heterocycles. The van der Waals surface area contributed by atoms with Crippen LogP contribution in [0.5, 0.6) is 0 Å². The van der Waals surface area contributed by atoms with Gasteiger partial charge in [0, 0.05) is 0 Å². The number of alkyl halides is 1. The van der Waals surface area contributed by atoms with Crippen molar-refractivity contribution in [1.29, 1.82) is 0 Å². The van der Waals surface area contributed by atoms with Crippen LogP contribution in [-0.4, -0.2) is 6.67 Å². The van der Waals surface area contributed by atoms with Crippen LogP contribution in [0.1, 0.15) is 39.5 Å². The molecule has 1 rings (SSSR count). The van der Waals surface area contributed by atoms with Gasteiger partial charge in [-0.25, -0.2) is 0 Å². The molecule has 0 aromatic heterocycles. The van der Waals surface area contributed by atoms with Gasteiger partial charge in [-0.05, 0) is 12.8 Å². The fraction of sp³-hybridized carbons (Fsp3) is 1.00. The van der Waals surface area contributed by atoms with Crippen molar-refractivity contribution in [3.8, 4) is 0 Å². The predicted octanol–water partition coefficient (Wildman–Crippen LogP) is 3.17. The maximum atomic E-state index is 10.3. The summed E-state index contributed by atoms with van der Waals surface area (Å²) in [5.41, 5.74) is 0. The Bertz CT molecular complexity index is 45.8. The molecule has 0 radical (unpaired) electrons. The van der Waals surface area contributed by atoms with E-state index in [1.807, 2.05) is 0 Å². The fourth-order valence-electron chi connectivity index (χ4n) is 0.901. The molecule has 1 saturated carbocycles. The van der Waals surface area contributed by atoms with Crippen LogP contribution in [0.3, 0.4) is 0 Å². The second-order valence-corrected chi connectivity index (χ2v) is 2.47. The maximum absolute atomic E-state index is 10.3. The molecule has 1 aliphatic rings. The van der Waals surface area contributed by atoms with E-state index >= 15 is 0 Å². The highest BCUT2D eigenvalue weighted by Gasteiger charge is 2.13. The molecule has 1 aliphatic carbocycles. The van der Waals surface area contributed by atoms with Crippen LogP contribution in [-0.2, 0) is 0 Å². The summed E-state index contributed by atoms with van der Waals surface area (Å²) in [6.07, 6.45) is 5.94. The Morgan fingerprint density at radius 1 is 1.33 bits per heavy atom. The molecule has 1 fully saturated rings. The monoisotopic (exact) mass is 132 g/mol. The molecule has 1 heteroatoms. The molecule has 0 spiro atoms. The quantitative estimate of drug-likeness (QED) is 0.514. The summed E-state index contributed by atoms with van der Waals surface area (Å²) < 4.78 is 10.3. The third kappa shape index (κ3) is 4.43. The Morgan fingerprint density at radius 3 is 1.78 bits per heavy atom. The van der Waals surface area contributed by atoms with Gasteiger partial charge in [0.25, 0.3) is 0 Å². The van der Waals surface area contributed by atoms with Gasteiger partial charge in [0.1, 0.15) is 0 Å². The highest BCUT2D eigenvalue weighted by atomic mass is 19.1. The SMILES string of the molecule is CCC1CCC1.CCF. The van der Waals surface area contributed by atoms with Gasteiger partial charge in [-0.3, -0.25) is 4.39 Å². The van der Waals surface area contributed by atoms with E-state index in [-0.39, 0.29) is 6.67 Å². The molecule has 0 amide bonds. The van der Waals surface area contributed by atoms with Crippen LogP contribution < -0.4 is 0 Å². The number of hydrogen-bond donors (Lipinski definition) is 0. The molecule has 0 nitrogen and oxygen atoms in total. The van der Waals surface area contributed by atoms with E-state index < -0.39 is 0 Å². The summed E-state index contributed by atoms with van der Waals surface area (Å²) in [6, 6.07) is 0. The van der Waals surface area contributed by atoms with Gasteiger partial charge in [-0.2, -0.15) is 0 Å². The summed E-state index contributed by atoms with van der Waals surface area (Å²) in [5.74, 6) is 1.12. The molecule has 0 aliphatic heterocycles. The summed E-state index contributed by atoms with van der Waals surface area (Å²) in [5, 5.41) is 0. The molecule has 0 atom stereocenters. The Kier molecular flexibility index (Phi) is 6.01. The lowest BCUT2D eigenvalue weighted by Crippen LogP contribution is -2.08. The van der Waals surface area contributed by atoms with E-state index in [0.717, 1.165) is 5.92 Å². The second kappa shape index (κ2) is 6.06. The van der Waals surface area contributed by atoms with Gasteiger partial charge in [-0.1, -0.05) is 32.6 Å². The molecule has 0 bridgehead atoms. The largest absolute Gasteiger partial charge is 0.251 e. The van der Waals surface area contributed by atoms with Gasteiger partial charge in [0.2, 0.25) is 0 Å². The van der Waals surface area contributed by atoms with Crippen molar-refractivity contribution in [2.45, 2.75) is 39.5 Å². The Labute approximate surface area is 57.5 Å². The molecular formula is C8H17F. The smallest absolute Gasteiger partial charge is 0.0866 e. The summed E-state index contributed by atoms with van der Waals surface area (Å²) >= 11 is 0. The van der Waals surface area contributed by atoms with E-state index in [1.54, 1.807) is 0 Å². The van der Waals surface area contributed by atoms with Gasteiger partial charge in [0.05, 0.1) is 6.67 Å². The third-order valence-corrected chi connectivity index (χ3v) is 1.80. The first kappa shape index (κ1) is 8.93. The lowest BCUT2D eigenvalue weighted by atomic mass is 9.84. The van der Waals surface area contributed by atoms with E-state index in [9.17, 15) is 4.39 Å². The first-order valence-corrected chi connectivity index (χ1v) is 3.91. The molecule has 56 valence electrons. The van der Waals surface area contributed by atoms with E-state index in [1.165, 1.54) is 32.6 Å². The zero-order chi connectivity index (χ0) is 7.11. The minimum absolute atomic E-state index is 0.250. The van der Waals surface area contributed by atoms with Crippen molar-refractivity contribution in [3.63, 3.8) is 0 Å². The molecule has 0 aromatic carbocycles. The molecule has 9 heavy (non-hydrogen) atoms. The van der Waals surface area contributed by atoms with Gasteiger partial charge in [0.15, 0.2) is 0 Å². The number of rotatable bonds is 1. The summed E-state index contributed by atoms with van der Waals surface area (Å²) in [7, 11) is 0. The summed E-state index contributed by atoms with van der Waals surface area (Å²) in [6.45, 7) is 3.49. The van der Waals surface area contributed by atoms with Crippen LogP contribution in [0, 0.1) is 5.92 Å². The number of halogens is 1. The lowest BCUT2D eigenvalue weighted by Gasteiger charge is -2.22. The van der Waals surface area contributed by atoms with Crippen LogP contribution in [0.2, 0.25) is 0 Å². The van der Waals surface area contributed by atoms with Crippen molar-refractivity contribution in [2.24, 2.45) is 5.92 Å². The second-order valence-electron chi connectivity index (χ2n) is 2.47. The minimum atomic E-state index is -0.250. The van der Waals surface area contributed by atoms with Crippen molar-refractivity contribution in [1.82, 2.24) is 0 Å². The first-order chi connectivity index (χ1) is 4.35. The lowest BCUT2D eigenvalue weighted by molar-refractivity contribution is 0.307. The molecule has 0 N–H and O–H groups in total. The third-order valence-electron chi connectivity index (χ3n) is 1.80. The van der Waals surface area contributed by atoms with E-state index in [0.29, 0.717) is 0 Å². The van der Waals surface area contributed by atoms with Crippen molar-refractivity contribution in [2.75, 3.05) is 6.67 Å². The Hall–Kier alpha value is -0.0700. The first-order valence-electron chi connectivity index (χ1n) is 3.91. The van der Waals surface area contributed by atoms with Crippen molar-refractivity contribution < 1.29 is 4.39 Å².